The summed E-state index contributed by atoms with van der Waals surface area (Å²) in [5, 5.41) is 0. The molecule has 0 unspecified atom stereocenters. The molecule has 1 aliphatic carbocycles. The topological polar surface area (TPSA) is 34.1 Å². The minimum absolute atomic E-state index is 0.00499. The SMILES string of the molecule is CC(C)=CCCC/C(C)=C\CCC/C(C)=C\CCC/C(C)=C\CCC/C(C)=C\CCC/C(C)=C\CCC/C(C)=C/CCC1=C(C)C(=O)c2ccccc2C1=O. The highest BCUT2D eigenvalue weighted by Gasteiger charge is 2.28. The van der Waals surface area contributed by atoms with Crippen LogP contribution >= 0.6 is 0 Å². The number of rotatable bonds is 27. The van der Waals surface area contributed by atoms with Crippen molar-refractivity contribution in [3.63, 3.8) is 0 Å². The van der Waals surface area contributed by atoms with Gasteiger partial charge in [-0.1, -0.05) is 106 Å². The van der Waals surface area contributed by atoms with E-state index in [1.807, 2.05) is 12.1 Å². The molecular weight excluding hydrogens is 669 g/mol. The number of carbonyl (C=O) groups is 2. The standard InChI is InChI=1S/C53H78O2/c1-41(2)25-10-11-26-42(3)27-12-13-28-43(4)29-14-15-30-44(5)31-16-17-32-45(6)33-18-19-34-46(7)35-20-21-36-47(8)37-24-40-49-48(9)52(54)50-38-22-23-39-51(50)53(49)55/h22-23,25,27,29,31,33,35,37-39H,10-21,24,26,28,30,32,34,36,40H2,1-9H3/b42-27-,43-29-,44-31-,45-33-,46-35-,47-37+. The van der Waals surface area contributed by atoms with Crippen molar-refractivity contribution in [2.24, 2.45) is 0 Å². The van der Waals surface area contributed by atoms with Gasteiger partial charge in [0.05, 0.1) is 0 Å². The average molecular weight is 747 g/mol. The van der Waals surface area contributed by atoms with E-state index in [0.29, 0.717) is 28.7 Å². The maximum atomic E-state index is 13.0. The molecule has 0 radical (unpaired) electrons. The van der Waals surface area contributed by atoms with Gasteiger partial charge in [0.1, 0.15) is 0 Å². The summed E-state index contributed by atoms with van der Waals surface area (Å²) in [4.78, 5) is 25.7. The second-order valence-corrected chi connectivity index (χ2v) is 16.8. The molecule has 0 heterocycles. The fourth-order valence-corrected chi connectivity index (χ4v) is 7.35. The maximum absolute atomic E-state index is 13.0. The van der Waals surface area contributed by atoms with E-state index in [-0.39, 0.29) is 11.6 Å². The van der Waals surface area contributed by atoms with E-state index in [2.05, 4.69) is 97.9 Å². The van der Waals surface area contributed by atoms with Crippen LogP contribution in [0.2, 0.25) is 0 Å². The monoisotopic (exact) mass is 747 g/mol. The Balaban J connectivity index is 1.52. The molecular formula is C53H78O2. The fourth-order valence-electron chi connectivity index (χ4n) is 7.35. The molecule has 2 nitrogen and oxygen atoms in total. The molecule has 2 rings (SSSR count). The van der Waals surface area contributed by atoms with Crippen molar-refractivity contribution in [2.75, 3.05) is 0 Å². The van der Waals surface area contributed by atoms with Crippen LogP contribution in [0.3, 0.4) is 0 Å². The molecule has 1 aliphatic rings. The third-order valence-electron chi connectivity index (χ3n) is 11.0. The van der Waals surface area contributed by atoms with Gasteiger partial charge in [-0.25, -0.2) is 0 Å². The lowest BCUT2D eigenvalue weighted by Gasteiger charge is -2.18. The lowest BCUT2D eigenvalue weighted by molar-refractivity contribution is 0.0972. The molecule has 1 aromatic carbocycles. The molecule has 0 amide bonds. The Morgan fingerprint density at radius 2 is 0.709 bits per heavy atom. The highest BCUT2D eigenvalue weighted by atomic mass is 16.1. The Hall–Kier alpha value is -3.52. The Bertz CT molecular complexity index is 1600. The van der Waals surface area contributed by atoms with E-state index in [4.69, 9.17) is 0 Å². The summed E-state index contributed by atoms with van der Waals surface area (Å²) >= 11 is 0. The number of unbranched alkanes of at least 4 members (excludes halogenated alkanes) is 6. The molecule has 0 aliphatic heterocycles. The molecule has 0 aromatic heterocycles. The minimum Gasteiger partial charge on any atom is -0.289 e. The molecule has 55 heavy (non-hydrogen) atoms. The van der Waals surface area contributed by atoms with Gasteiger partial charge in [0, 0.05) is 22.3 Å². The highest BCUT2D eigenvalue weighted by molar-refractivity contribution is 6.26. The van der Waals surface area contributed by atoms with Gasteiger partial charge in [-0.3, -0.25) is 9.59 Å². The van der Waals surface area contributed by atoms with Crippen molar-refractivity contribution in [2.45, 2.75) is 191 Å². The van der Waals surface area contributed by atoms with Gasteiger partial charge in [0.15, 0.2) is 11.6 Å². The molecule has 1 aromatic rings. The molecule has 302 valence electrons. The van der Waals surface area contributed by atoms with Crippen molar-refractivity contribution in [3.05, 3.63) is 128 Å². The molecule has 0 saturated carbocycles. The molecule has 0 saturated heterocycles. The smallest absolute Gasteiger partial charge is 0.190 e. The first-order valence-electron chi connectivity index (χ1n) is 21.8. The van der Waals surface area contributed by atoms with Crippen molar-refractivity contribution < 1.29 is 9.59 Å². The summed E-state index contributed by atoms with van der Waals surface area (Å²) < 4.78 is 0. The lowest BCUT2D eigenvalue weighted by atomic mass is 9.83. The second-order valence-electron chi connectivity index (χ2n) is 16.8. The number of ketones is 2. The van der Waals surface area contributed by atoms with Crippen LogP contribution in [0, 0.1) is 0 Å². The van der Waals surface area contributed by atoms with E-state index >= 15 is 0 Å². The number of allylic oxidation sites excluding steroid dienone is 16. The zero-order valence-electron chi connectivity index (χ0n) is 36.8. The van der Waals surface area contributed by atoms with E-state index in [1.54, 1.807) is 35.8 Å². The fraction of sp³-hybridized carbons (Fsp3) is 0.547. The number of hydrogen-bond acceptors (Lipinski definition) is 2. The quantitative estimate of drug-likeness (QED) is 0.0663. The Morgan fingerprint density at radius 3 is 1.04 bits per heavy atom. The molecule has 0 bridgehead atoms. The summed E-state index contributed by atoms with van der Waals surface area (Å²) in [7, 11) is 0. The summed E-state index contributed by atoms with van der Waals surface area (Å²) in [5.41, 5.74) is 12.9. The largest absolute Gasteiger partial charge is 0.289 e. The Morgan fingerprint density at radius 1 is 0.418 bits per heavy atom. The van der Waals surface area contributed by atoms with Crippen molar-refractivity contribution in [1.82, 2.24) is 0 Å². The predicted octanol–water partition coefficient (Wildman–Crippen LogP) is 16.8. The van der Waals surface area contributed by atoms with Crippen molar-refractivity contribution >= 4 is 11.6 Å². The molecule has 0 fully saturated rings. The van der Waals surface area contributed by atoms with Gasteiger partial charge < -0.3 is 0 Å². The third-order valence-corrected chi connectivity index (χ3v) is 11.0. The Kier molecular flexibility index (Phi) is 24.2. The van der Waals surface area contributed by atoms with E-state index in [0.717, 1.165) is 25.7 Å². The molecule has 0 atom stereocenters. The first-order chi connectivity index (χ1) is 26.4. The first kappa shape index (κ1) is 47.6. The highest BCUT2D eigenvalue weighted by Crippen LogP contribution is 2.29. The summed E-state index contributed by atoms with van der Waals surface area (Å²) in [5.74, 6) is 0.0133. The summed E-state index contributed by atoms with van der Waals surface area (Å²) in [6, 6.07) is 7.19. The van der Waals surface area contributed by atoms with Crippen LogP contribution in [0.4, 0.5) is 0 Å². The van der Waals surface area contributed by atoms with Gasteiger partial charge >= 0.3 is 0 Å². The van der Waals surface area contributed by atoms with Gasteiger partial charge in [-0.2, -0.15) is 0 Å². The van der Waals surface area contributed by atoms with Gasteiger partial charge in [-0.15, -0.1) is 0 Å². The number of fused-ring (bicyclic) bond motifs is 1. The van der Waals surface area contributed by atoms with Crippen LogP contribution in [0.5, 0.6) is 0 Å². The van der Waals surface area contributed by atoms with Crippen molar-refractivity contribution in [1.29, 1.82) is 0 Å². The summed E-state index contributed by atoms with van der Waals surface area (Å²) in [6.07, 6.45) is 40.0. The zero-order valence-corrected chi connectivity index (χ0v) is 36.8. The van der Waals surface area contributed by atoms with Gasteiger partial charge in [0.25, 0.3) is 0 Å². The van der Waals surface area contributed by atoms with Gasteiger partial charge in [-0.05, 0) is 191 Å². The number of carbonyl (C=O) groups excluding carboxylic acids is 2. The van der Waals surface area contributed by atoms with Crippen molar-refractivity contribution in [3.8, 4) is 0 Å². The van der Waals surface area contributed by atoms with Crippen LogP contribution in [-0.4, -0.2) is 11.6 Å². The second kappa shape index (κ2) is 28.0. The lowest BCUT2D eigenvalue weighted by Crippen LogP contribution is -2.20. The average Bonchev–Trinajstić information content (AvgIpc) is 3.16. The number of benzene rings is 1. The summed E-state index contributed by atoms with van der Waals surface area (Å²) in [6.45, 7) is 19.9. The van der Waals surface area contributed by atoms with Crippen LogP contribution in [-0.2, 0) is 0 Å². The van der Waals surface area contributed by atoms with E-state index < -0.39 is 0 Å². The number of hydrogen-bond donors (Lipinski definition) is 0. The Labute approximate surface area is 338 Å². The van der Waals surface area contributed by atoms with E-state index in [9.17, 15) is 9.59 Å². The normalized spacial score (nSPS) is 14.9. The van der Waals surface area contributed by atoms with Crippen LogP contribution < -0.4 is 0 Å². The van der Waals surface area contributed by atoms with Crippen LogP contribution in [0.15, 0.2) is 117 Å². The third kappa shape index (κ3) is 20.8. The number of Topliss-reactive ketones (excluding diaryl/α,β-unsaturated/α-hetero) is 2. The minimum atomic E-state index is -0.00499. The maximum Gasteiger partial charge on any atom is 0.190 e. The molecule has 2 heteroatoms. The predicted molar refractivity (Wildman–Crippen MR) is 242 cm³/mol. The molecule has 0 spiro atoms. The van der Waals surface area contributed by atoms with Crippen LogP contribution in [0.25, 0.3) is 0 Å². The van der Waals surface area contributed by atoms with Gasteiger partial charge in [0.2, 0.25) is 0 Å². The first-order valence-corrected chi connectivity index (χ1v) is 21.8. The van der Waals surface area contributed by atoms with E-state index in [1.165, 1.54) is 119 Å². The van der Waals surface area contributed by atoms with Crippen LogP contribution in [0.1, 0.15) is 211 Å². The molecule has 0 N–H and O–H groups in total. The zero-order chi connectivity index (χ0) is 40.4.